The Balaban J connectivity index is 1.81. The molecule has 0 spiro atoms. The third kappa shape index (κ3) is 4.71. The van der Waals surface area contributed by atoms with Crippen LogP contribution in [0.25, 0.3) is 0 Å². The second-order valence-electron chi connectivity index (χ2n) is 6.50. The molecular formula is C18H26N2O4. The molecule has 1 aromatic rings. The number of ether oxygens (including phenoxy) is 1. The van der Waals surface area contributed by atoms with Crippen LogP contribution in [0.2, 0.25) is 0 Å². The number of aliphatic hydroxyl groups is 1. The normalized spacial score (nSPS) is 20.6. The number of benzene rings is 1. The summed E-state index contributed by atoms with van der Waals surface area (Å²) in [5.74, 6) is 0.192. The van der Waals surface area contributed by atoms with E-state index < -0.39 is 11.5 Å². The van der Waals surface area contributed by atoms with E-state index in [1.807, 2.05) is 26.0 Å². The van der Waals surface area contributed by atoms with Crippen LogP contribution in [0.3, 0.4) is 0 Å². The Morgan fingerprint density at radius 3 is 2.58 bits per heavy atom. The molecule has 6 heteroatoms. The molecule has 1 aromatic carbocycles. The number of hydrogen-bond donors (Lipinski definition) is 2. The molecule has 1 atom stereocenters. The molecule has 1 aliphatic heterocycles. The van der Waals surface area contributed by atoms with Crippen LogP contribution in [-0.4, -0.2) is 53.7 Å². The van der Waals surface area contributed by atoms with E-state index in [-0.39, 0.29) is 12.5 Å². The van der Waals surface area contributed by atoms with Gasteiger partial charge >= 0.3 is 0 Å². The molecule has 132 valence electrons. The van der Waals surface area contributed by atoms with Crippen molar-refractivity contribution in [1.29, 1.82) is 0 Å². The topological polar surface area (TPSA) is 78.9 Å². The Morgan fingerprint density at radius 2 is 1.96 bits per heavy atom. The summed E-state index contributed by atoms with van der Waals surface area (Å²) < 4.78 is 5.64. The van der Waals surface area contributed by atoms with Gasteiger partial charge in [-0.3, -0.25) is 9.59 Å². The van der Waals surface area contributed by atoms with Crippen molar-refractivity contribution in [1.82, 2.24) is 10.2 Å². The highest BCUT2D eigenvalue weighted by Crippen LogP contribution is 2.21. The second-order valence-corrected chi connectivity index (χ2v) is 6.50. The van der Waals surface area contributed by atoms with E-state index >= 15 is 0 Å². The predicted octanol–water partition coefficient (Wildman–Crippen LogP) is 1.17. The zero-order valence-electron chi connectivity index (χ0n) is 14.6. The van der Waals surface area contributed by atoms with Gasteiger partial charge in [-0.15, -0.1) is 0 Å². The highest BCUT2D eigenvalue weighted by molar-refractivity contribution is 5.86. The number of nitrogens with zero attached hydrogens (tertiary/aromatic N) is 1. The zero-order valence-corrected chi connectivity index (χ0v) is 14.6. The Labute approximate surface area is 142 Å². The summed E-state index contributed by atoms with van der Waals surface area (Å²) in [5.41, 5.74) is 0.730. The summed E-state index contributed by atoms with van der Waals surface area (Å²) >= 11 is 0. The Bertz CT molecular complexity index is 597. The lowest BCUT2D eigenvalue weighted by Crippen LogP contribution is -2.58. The number of piperidine rings is 1. The Hall–Kier alpha value is -2.08. The molecule has 1 heterocycles. The molecule has 0 radical (unpaired) electrons. The molecule has 0 saturated carbocycles. The maximum absolute atomic E-state index is 12.3. The van der Waals surface area contributed by atoms with Crippen molar-refractivity contribution in [3.8, 4) is 5.75 Å². The van der Waals surface area contributed by atoms with Crippen molar-refractivity contribution in [2.24, 2.45) is 0 Å². The van der Waals surface area contributed by atoms with E-state index in [9.17, 15) is 14.7 Å². The summed E-state index contributed by atoms with van der Waals surface area (Å²) in [5, 5.41) is 13.2. The third-order valence-corrected chi connectivity index (χ3v) is 4.19. The molecular weight excluding hydrogens is 308 g/mol. The van der Waals surface area contributed by atoms with Gasteiger partial charge in [0.05, 0.1) is 13.1 Å². The fourth-order valence-electron chi connectivity index (χ4n) is 3.00. The number of likely N-dealkylation sites (tertiary alicyclic amines) is 1. The van der Waals surface area contributed by atoms with Crippen molar-refractivity contribution in [2.75, 3.05) is 26.2 Å². The fourth-order valence-corrected chi connectivity index (χ4v) is 3.00. The van der Waals surface area contributed by atoms with E-state index in [1.54, 1.807) is 0 Å². The minimum Gasteiger partial charge on any atom is -0.492 e. The standard InChI is InChI=1S/C18H26N2O4/c1-13-9-14(2)11-16(10-13)24-8-6-19-17(22)18(23)5-4-7-20(12-18)15(3)21/h9-11,23H,4-8,12H2,1-3H3,(H,19,22)/t18-/m0/s1. The van der Waals surface area contributed by atoms with Gasteiger partial charge in [0.2, 0.25) is 5.91 Å². The monoisotopic (exact) mass is 334 g/mol. The number of carbonyl (C=O) groups excluding carboxylic acids is 2. The average molecular weight is 334 g/mol. The molecule has 2 rings (SSSR count). The van der Waals surface area contributed by atoms with E-state index in [0.717, 1.165) is 16.9 Å². The molecule has 6 nitrogen and oxygen atoms in total. The van der Waals surface area contributed by atoms with Crippen molar-refractivity contribution in [3.05, 3.63) is 29.3 Å². The van der Waals surface area contributed by atoms with Gasteiger partial charge in [-0.1, -0.05) is 6.07 Å². The molecule has 0 unspecified atom stereocenters. The second kappa shape index (κ2) is 7.66. The first-order valence-corrected chi connectivity index (χ1v) is 8.27. The number of nitrogens with one attached hydrogen (secondary N) is 1. The quantitative estimate of drug-likeness (QED) is 0.793. The first kappa shape index (κ1) is 18.3. The van der Waals surface area contributed by atoms with Crippen LogP contribution in [0.1, 0.15) is 30.9 Å². The van der Waals surface area contributed by atoms with Gasteiger partial charge in [-0.25, -0.2) is 0 Å². The average Bonchev–Trinajstić information content (AvgIpc) is 2.50. The lowest BCUT2D eigenvalue weighted by molar-refractivity contribution is -0.150. The van der Waals surface area contributed by atoms with Gasteiger partial charge in [-0.2, -0.15) is 0 Å². The van der Waals surface area contributed by atoms with Crippen molar-refractivity contribution < 1.29 is 19.4 Å². The van der Waals surface area contributed by atoms with E-state index in [4.69, 9.17) is 4.74 Å². The number of amides is 2. The summed E-state index contributed by atoms with van der Waals surface area (Å²) in [6.07, 6.45) is 0.975. The Morgan fingerprint density at radius 1 is 1.29 bits per heavy atom. The number of hydrogen-bond acceptors (Lipinski definition) is 4. The smallest absolute Gasteiger partial charge is 0.253 e. The molecule has 0 aliphatic carbocycles. The SMILES string of the molecule is CC(=O)N1CCC[C@@](O)(C(=O)NCCOc2cc(C)cc(C)c2)C1. The van der Waals surface area contributed by atoms with Gasteiger partial charge in [0.25, 0.3) is 5.91 Å². The fraction of sp³-hybridized carbons (Fsp3) is 0.556. The van der Waals surface area contributed by atoms with Gasteiger partial charge in [0, 0.05) is 13.5 Å². The van der Waals surface area contributed by atoms with E-state index in [0.29, 0.717) is 32.5 Å². The summed E-state index contributed by atoms with van der Waals surface area (Å²) in [7, 11) is 0. The van der Waals surface area contributed by atoms with Crippen LogP contribution in [0.4, 0.5) is 0 Å². The summed E-state index contributed by atoms with van der Waals surface area (Å²) in [6.45, 7) is 6.70. The van der Waals surface area contributed by atoms with E-state index in [2.05, 4.69) is 11.4 Å². The first-order chi connectivity index (χ1) is 11.3. The molecule has 1 saturated heterocycles. The van der Waals surface area contributed by atoms with Gasteiger partial charge in [0.1, 0.15) is 12.4 Å². The maximum Gasteiger partial charge on any atom is 0.253 e. The highest BCUT2D eigenvalue weighted by atomic mass is 16.5. The van der Waals surface area contributed by atoms with Gasteiger partial charge in [-0.05, 0) is 49.9 Å². The van der Waals surface area contributed by atoms with Crippen LogP contribution in [0, 0.1) is 13.8 Å². The van der Waals surface area contributed by atoms with Gasteiger partial charge < -0.3 is 20.1 Å². The first-order valence-electron chi connectivity index (χ1n) is 8.27. The number of rotatable bonds is 5. The number of aryl methyl sites for hydroxylation is 2. The lowest BCUT2D eigenvalue weighted by atomic mass is 9.92. The van der Waals surface area contributed by atoms with Crippen LogP contribution in [0.5, 0.6) is 5.75 Å². The van der Waals surface area contributed by atoms with Crippen molar-refractivity contribution in [3.63, 3.8) is 0 Å². The molecule has 24 heavy (non-hydrogen) atoms. The van der Waals surface area contributed by atoms with Crippen LogP contribution in [0.15, 0.2) is 18.2 Å². The van der Waals surface area contributed by atoms with Crippen molar-refractivity contribution >= 4 is 11.8 Å². The minimum atomic E-state index is -1.51. The molecule has 0 aromatic heterocycles. The van der Waals surface area contributed by atoms with Crippen LogP contribution < -0.4 is 10.1 Å². The highest BCUT2D eigenvalue weighted by Gasteiger charge is 2.40. The zero-order chi connectivity index (χ0) is 17.7. The molecule has 0 bridgehead atoms. The predicted molar refractivity (Wildman–Crippen MR) is 90.9 cm³/mol. The van der Waals surface area contributed by atoms with Crippen LogP contribution in [-0.2, 0) is 9.59 Å². The largest absolute Gasteiger partial charge is 0.492 e. The number of carbonyl (C=O) groups is 2. The van der Waals surface area contributed by atoms with E-state index in [1.165, 1.54) is 11.8 Å². The summed E-state index contributed by atoms with van der Waals surface area (Å²) in [4.78, 5) is 25.2. The van der Waals surface area contributed by atoms with Crippen LogP contribution >= 0.6 is 0 Å². The van der Waals surface area contributed by atoms with Crippen molar-refractivity contribution in [2.45, 2.75) is 39.2 Å². The van der Waals surface area contributed by atoms with Gasteiger partial charge in [0.15, 0.2) is 5.60 Å². The molecule has 2 N–H and O–H groups in total. The number of β-amino-alcohol motifs (C(OH)–C–C–N with tert-alkyl or cyclic N) is 1. The molecule has 2 amide bonds. The maximum atomic E-state index is 12.3. The molecule has 1 aliphatic rings. The third-order valence-electron chi connectivity index (χ3n) is 4.19. The minimum absolute atomic E-state index is 0.0477. The lowest BCUT2D eigenvalue weighted by Gasteiger charge is -2.37. The molecule has 1 fully saturated rings. The Kier molecular flexibility index (Phi) is 5.83. The summed E-state index contributed by atoms with van der Waals surface area (Å²) in [6, 6.07) is 5.94.